The van der Waals surface area contributed by atoms with Crippen molar-refractivity contribution in [1.29, 1.82) is 0 Å². The minimum Gasteiger partial charge on any atom is -0.491 e. The summed E-state index contributed by atoms with van der Waals surface area (Å²) in [7, 11) is -3.83. The van der Waals surface area contributed by atoms with Crippen molar-refractivity contribution in [1.82, 2.24) is 4.72 Å². The number of aryl methyl sites for hydroxylation is 1. The number of anilines is 1. The van der Waals surface area contributed by atoms with Crippen molar-refractivity contribution >= 4 is 21.6 Å². The van der Waals surface area contributed by atoms with Gasteiger partial charge in [0.05, 0.1) is 11.0 Å². The van der Waals surface area contributed by atoms with Crippen LogP contribution in [-0.4, -0.2) is 39.7 Å². The summed E-state index contributed by atoms with van der Waals surface area (Å²) in [6, 6.07) is 12.7. The van der Waals surface area contributed by atoms with Gasteiger partial charge in [0.1, 0.15) is 18.4 Å². The Labute approximate surface area is 190 Å². The molecular formula is C24H32N2O5S. The van der Waals surface area contributed by atoms with E-state index in [1.165, 1.54) is 12.1 Å². The molecule has 0 bridgehead atoms. The van der Waals surface area contributed by atoms with Crippen LogP contribution in [0.2, 0.25) is 0 Å². The average molecular weight is 461 g/mol. The normalized spacial score (nSPS) is 17.3. The van der Waals surface area contributed by atoms with Crippen molar-refractivity contribution < 1.29 is 22.7 Å². The number of hydrogen-bond acceptors (Lipinski definition) is 5. The topological polar surface area (TPSA) is 93.7 Å². The molecule has 7 nitrogen and oxygen atoms in total. The number of hydrogen-bond donors (Lipinski definition) is 2. The maximum atomic E-state index is 13.0. The fraction of sp³-hybridized carbons (Fsp3) is 0.458. The Hall–Kier alpha value is -2.42. The van der Waals surface area contributed by atoms with Gasteiger partial charge in [0.25, 0.3) is 0 Å². The van der Waals surface area contributed by atoms with Crippen LogP contribution in [0.4, 0.5) is 5.69 Å². The van der Waals surface area contributed by atoms with E-state index in [-0.39, 0.29) is 16.9 Å². The Morgan fingerprint density at radius 2 is 1.94 bits per heavy atom. The van der Waals surface area contributed by atoms with Crippen LogP contribution in [0.3, 0.4) is 0 Å². The molecule has 1 heterocycles. The molecule has 2 atom stereocenters. The van der Waals surface area contributed by atoms with E-state index in [1.54, 1.807) is 30.3 Å². The quantitative estimate of drug-likeness (QED) is 0.561. The summed E-state index contributed by atoms with van der Waals surface area (Å²) in [6.45, 7) is 7.00. The van der Waals surface area contributed by atoms with Crippen LogP contribution in [0.1, 0.15) is 38.7 Å². The van der Waals surface area contributed by atoms with Gasteiger partial charge in [-0.05, 0) is 56.4 Å². The lowest BCUT2D eigenvalue weighted by Gasteiger charge is -2.20. The first kappa shape index (κ1) is 24.2. The zero-order valence-electron chi connectivity index (χ0n) is 18.8. The lowest BCUT2D eigenvalue weighted by atomic mass is 10.0. The molecule has 0 aromatic heterocycles. The van der Waals surface area contributed by atoms with Gasteiger partial charge >= 0.3 is 0 Å². The highest BCUT2D eigenvalue weighted by Gasteiger charge is 2.27. The van der Waals surface area contributed by atoms with Gasteiger partial charge in [-0.1, -0.05) is 37.6 Å². The first-order valence-corrected chi connectivity index (χ1v) is 12.5. The number of nitrogens with one attached hydrogen (secondary N) is 2. The van der Waals surface area contributed by atoms with Crippen molar-refractivity contribution in [2.24, 2.45) is 5.92 Å². The van der Waals surface area contributed by atoms with E-state index in [4.69, 9.17) is 9.47 Å². The number of benzene rings is 2. The molecule has 8 heteroatoms. The molecule has 3 rings (SSSR count). The lowest BCUT2D eigenvalue weighted by Crippen LogP contribution is -2.44. The summed E-state index contributed by atoms with van der Waals surface area (Å²) in [6.07, 6.45) is 2.49. The average Bonchev–Trinajstić information content (AvgIpc) is 3.25. The third kappa shape index (κ3) is 7.05. The number of carbonyl (C=O) groups excluding carboxylic acids is 1. The second kappa shape index (κ2) is 10.9. The second-order valence-corrected chi connectivity index (χ2v) is 10.3. The molecule has 32 heavy (non-hydrogen) atoms. The Bertz CT molecular complexity index is 999. The first-order valence-electron chi connectivity index (χ1n) is 11.0. The molecule has 0 radical (unpaired) electrons. The van der Waals surface area contributed by atoms with Crippen LogP contribution < -0.4 is 14.8 Å². The molecule has 1 aliphatic rings. The smallest absolute Gasteiger partial charge is 0.242 e. The molecule has 1 aliphatic heterocycles. The highest BCUT2D eigenvalue weighted by Crippen LogP contribution is 2.21. The monoisotopic (exact) mass is 460 g/mol. The van der Waals surface area contributed by atoms with Crippen LogP contribution in [0.15, 0.2) is 53.4 Å². The summed E-state index contributed by atoms with van der Waals surface area (Å²) in [5.74, 6) is 0.331. The third-order valence-corrected chi connectivity index (χ3v) is 6.70. The van der Waals surface area contributed by atoms with Gasteiger partial charge in [-0.25, -0.2) is 8.42 Å². The molecule has 2 aromatic rings. The van der Waals surface area contributed by atoms with Gasteiger partial charge in [-0.15, -0.1) is 0 Å². The molecule has 1 saturated heterocycles. The van der Waals surface area contributed by atoms with E-state index < -0.39 is 22.0 Å². The van der Waals surface area contributed by atoms with Crippen molar-refractivity contribution in [3.8, 4) is 5.75 Å². The Balaban J connectivity index is 1.67. The minimum atomic E-state index is -3.83. The number of amides is 1. The summed E-state index contributed by atoms with van der Waals surface area (Å²) in [4.78, 5) is 13.1. The van der Waals surface area contributed by atoms with E-state index in [0.29, 0.717) is 24.5 Å². The summed E-state index contributed by atoms with van der Waals surface area (Å²) in [5, 5.41) is 2.82. The zero-order chi connectivity index (χ0) is 23.1. The highest BCUT2D eigenvalue weighted by molar-refractivity contribution is 7.89. The molecule has 1 amide bonds. The summed E-state index contributed by atoms with van der Waals surface area (Å²) >= 11 is 0. The largest absolute Gasteiger partial charge is 0.491 e. The van der Waals surface area contributed by atoms with E-state index in [2.05, 4.69) is 10.0 Å². The van der Waals surface area contributed by atoms with Gasteiger partial charge in [0, 0.05) is 18.4 Å². The van der Waals surface area contributed by atoms with Gasteiger partial charge in [0.15, 0.2) is 0 Å². The number of rotatable bonds is 10. The van der Waals surface area contributed by atoms with Crippen molar-refractivity contribution in [3.05, 3.63) is 54.1 Å². The van der Waals surface area contributed by atoms with E-state index >= 15 is 0 Å². The van der Waals surface area contributed by atoms with Crippen molar-refractivity contribution in [3.63, 3.8) is 0 Å². The van der Waals surface area contributed by atoms with Crippen LogP contribution in [0.5, 0.6) is 5.75 Å². The van der Waals surface area contributed by atoms with Gasteiger partial charge in [-0.3, -0.25) is 4.79 Å². The fourth-order valence-corrected chi connectivity index (χ4v) is 4.72. The maximum Gasteiger partial charge on any atom is 0.242 e. The zero-order valence-corrected chi connectivity index (χ0v) is 19.7. The molecule has 2 N–H and O–H groups in total. The summed E-state index contributed by atoms with van der Waals surface area (Å²) in [5.41, 5.74) is 1.50. The maximum absolute atomic E-state index is 13.0. The molecule has 0 unspecified atom stereocenters. The third-order valence-electron chi connectivity index (χ3n) is 5.21. The number of carbonyl (C=O) groups is 1. The van der Waals surface area contributed by atoms with E-state index in [1.807, 2.05) is 26.8 Å². The highest BCUT2D eigenvalue weighted by atomic mass is 32.2. The van der Waals surface area contributed by atoms with Crippen LogP contribution in [-0.2, 0) is 19.6 Å². The van der Waals surface area contributed by atoms with Crippen LogP contribution in [0.25, 0.3) is 0 Å². The molecule has 0 spiro atoms. The SMILES string of the molecule is Cc1ccc(S(=O)(=O)N[C@@H](CC(C)C)C(=O)Nc2cccc(OC[C@@H]3CCCO3)c2)cc1. The molecule has 2 aromatic carbocycles. The fourth-order valence-electron chi connectivity index (χ4n) is 3.51. The van der Waals surface area contributed by atoms with Crippen molar-refractivity contribution in [2.45, 2.75) is 57.1 Å². The van der Waals surface area contributed by atoms with Gasteiger partial charge in [-0.2, -0.15) is 4.72 Å². The summed E-state index contributed by atoms with van der Waals surface area (Å²) < 4.78 is 39.6. The van der Waals surface area contributed by atoms with Crippen molar-refractivity contribution in [2.75, 3.05) is 18.5 Å². The predicted octanol–water partition coefficient (Wildman–Crippen LogP) is 3.88. The standard InChI is InChI=1S/C24H32N2O5S/c1-17(2)14-23(26-32(28,29)22-11-9-18(3)10-12-22)24(27)25-19-6-4-7-20(15-19)31-16-21-8-5-13-30-21/h4,6-7,9-12,15,17,21,23,26H,5,8,13-14,16H2,1-3H3,(H,25,27)/t21-,23-/m0/s1. The van der Waals surface area contributed by atoms with E-state index in [9.17, 15) is 13.2 Å². The molecule has 0 saturated carbocycles. The Morgan fingerprint density at radius 1 is 1.19 bits per heavy atom. The minimum absolute atomic E-state index is 0.0971. The molecule has 0 aliphatic carbocycles. The van der Waals surface area contributed by atoms with E-state index in [0.717, 1.165) is 25.0 Å². The van der Waals surface area contributed by atoms with Crippen LogP contribution in [0, 0.1) is 12.8 Å². The van der Waals surface area contributed by atoms with Gasteiger partial charge in [0.2, 0.25) is 15.9 Å². The predicted molar refractivity (Wildman–Crippen MR) is 124 cm³/mol. The van der Waals surface area contributed by atoms with Crippen LogP contribution >= 0.6 is 0 Å². The molecular weight excluding hydrogens is 428 g/mol. The molecule has 1 fully saturated rings. The molecule has 174 valence electrons. The lowest BCUT2D eigenvalue weighted by molar-refractivity contribution is -0.118. The second-order valence-electron chi connectivity index (χ2n) is 8.58. The Morgan fingerprint density at radius 3 is 2.59 bits per heavy atom. The number of ether oxygens (including phenoxy) is 2. The van der Waals surface area contributed by atoms with Gasteiger partial charge < -0.3 is 14.8 Å². The Kier molecular flexibility index (Phi) is 8.28. The number of sulfonamides is 1. The first-order chi connectivity index (χ1) is 15.2.